The lowest BCUT2D eigenvalue weighted by molar-refractivity contribution is -0.161. The third kappa shape index (κ3) is 13.9. The Labute approximate surface area is 511 Å². The van der Waals surface area contributed by atoms with Crippen LogP contribution in [-0.4, -0.2) is 134 Å². The van der Waals surface area contributed by atoms with Crippen LogP contribution in [0.15, 0.2) is 65.8 Å². The quantitative estimate of drug-likeness (QED) is 0.101. The second-order valence-electron chi connectivity index (χ2n) is 25.1. The minimum Gasteiger partial charge on any atom is -0.481 e. The number of carboxylic acids is 1. The van der Waals surface area contributed by atoms with Gasteiger partial charge in [-0.15, -0.1) is 0 Å². The van der Waals surface area contributed by atoms with Crippen molar-refractivity contribution in [2.24, 2.45) is 26.8 Å². The topological polar surface area (TPSA) is 266 Å². The lowest BCUT2D eigenvalue weighted by atomic mass is 9.96. The molecule has 0 unspecified atom stereocenters. The molecule has 3 aromatic heterocycles. The molecule has 6 aromatic rings. The van der Waals surface area contributed by atoms with Gasteiger partial charge in [0.2, 0.25) is 0 Å². The number of benzene rings is 3. The van der Waals surface area contributed by atoms with E-state index in [1.807, 2.05) is 58.6 Å². The number of carboxylic acid groups (broad SMARTS) is 1. The number of aryl methyl sites for hydroxylation is 6. The largest absolute Gasteiger partial charge is 0.481 e. The predicted octanol–water partition coefficient (Wildman–Crippen LogP) is 4.98. The molecule has 6 aliphatic rings. The minimum atomic E-state index is -0.742. The summed E-state index contributed by atoms with van der Waals surface area (Å²) in [6.07, 6.45) is 7.92. The van der Waals surface area contributed by atoms with Crippen LogP contribution in [-0.2, 0) is 14.3 Å². The highest BCUT2D eigenvalue weighted by Gasteiger charge is 2.34. The fraction of sp³-hybridized carbons (Fsp3) is 0.470. The van der Waals surface area contributed by atoms with Gasteiger partial charge in [-0.25, -0.2) is 29.9 Å². The Hall–Kier alpha value is -8.47. The number of carbonyl (C=O) groups is 2. The zero-order valence-corrected chi connectivity index (χ0v) is 52.4. The van der Waals surface area contributed by atoms with Gasteiger partial charge < -0.3 is 54.6 Å². The van der Waals surface area contributed by atoms with E-state index in [2.05, 4.69) is 135 Å². The first kappa shape index (κ1) is 62.6. The molecule has 464 valence electrons. The van der Waals surface area contributed by atoms with Gasteiger partial charge in [-0.05, 0) is 197 Å². The molecule has 1 aliphatic carbocycles. The van der Waals surface area contributed by atoms with Crippen molar-refractivity contribution >= 4 is 83.3 Å². The minimum absolute atomic E-state index is 0.0313. The maximum Gasteiger partial charge on any atom is 0.309 e. The predicted molar refractivity (Wildman–Crippen MR) is 343 cm³/mol. The molecule has 2 saturated heterocycles. The first-order valence-corrected chi connectivity index (χ1v) is 30.7. The van der Waals surface area contributed by atoms with Gasteiger partial charge in [0, 0.05) is 45.3 Å². The monoisotopic (exact) mass is 1200 g/mol. The summed E-state index contributed by atoms with van der Waals surface area (Å²) in [7, 11) is 0. The number of nitrogens with one attached hydrogen (secondary N) is 4. The van der Waals surface area contributed by atoms with Crippen LogP contribution >= 0.6 is 0 Å². The van der Waals surface area contributed by atoms with E-state index < -0.39 is 11.6 Å². The number of ether oxygens (including phenoxy) is 1. The summed E-state index contributed by atoms with van der Waals surface area (Å²) in [6.45, 7) is 37.7. The smallest absolute Gasteiger partial charge is 0.309 e. The second-order valence-corrected chi connectivity index (χ2v) is 25.1. The molecule has 5 aliphatic heterocycles. The highest BCUT2D eigenvalue weighted by Crippen LogP contribution is 2.39. The van der Waals surface area contributed by atoms with Crippen molar-refractivity contribution in [1.82, 2.24) is 45.0 Å². The van der Waals surface area contributed by atoms with Gasteiger partial charge in [-0.3, -0.25) is 24.0 Å². The van der Waals surface area contributed by atoms with Crippen molar-refractivity contribution < 1.29 is 19.4 Å². The summed E-state index contributed by atoms with van der Waals surface area (Å²) < 4.78 is 5.57. The summed E-state index contributed by atoms with van der Waals surface area (Å²) in [5.74, 6) is 0.416. The number of anilines is 6. The fourth-order valence-electron chi connectivity index (χ4n) is 12.3. The Balaban J connectivity index is 0.000000147. The van der Waals surface area contributed by atoms with Crippen LogP contribution in [0.4, 0.5) is 51.6 Å². The van der Waals surface area contributed by atoms with Crippen molar-refractivity contribution in [2.45, 2.75) is 125 Å². The number of aliphatic carboxylic acids is 1. The number of nitrogens with zero attached hydrogens (tertiary/aromatic N) is 11. The summed E-state index contributed by atoms with van der Waals surface area (Å²) in [5, 5.41) is 13.8. The van der Waals surface area contributed by atoms with Gasteiger partial charge in [-0.1, -0.05) is 32.6 Å². The number of hydrogen-bond donors (Lipinski definition) is 5. The number of carbonyl (C=O) groups excluding carboxylic acids is 1. The molecule has 1 saturated carbocycles. The highest BCUT2D eigenvalue weighted by atomic mass is 16.6. The number of hydrogen-bond acceptors (Lipinski definition) is 18. The van der Waals surface area contributed by atoms with Gasteiger partial charge in [0.15, 0.2) is 33.5 Å². The first-order chi connectivity index (χ1) is 41.9. The maximum absolute atomic E-state index is 12.6. The van der Waals surface area contributed by atoms with Crippen LogP contribution in [0.25, 0.3) is 19.7 Å². The Bertz CT molecular complexity index is 4240. The normalized spacial score (nSPS) is 17.9. The molecule has 22 nitrogen and oxygen atoms in total. The van der Waals surface area contributed by atoms with Gasteiger partial charge in [0.25, 0.3) is 16.7 Å². The van der Waals surface area contributed by atoms with E-state index >= 15 is 0 Å². The molecule has 3 fully saturated rings. The number of rotatable bonds is 12. The van der Waals surface area contributed by atoms with E-state index in [1.54, 1.807) is 0 Å². The van der Waals surface area contributed by atoms with Gasteiger partial charge >= 0.3 is 11.9 Å². The van der Waals surface area contributed by atoms with E-state index in [9.17, 15) is 29.1 Å². The number of likely N-dealkylation sites (tertiary alicyclic amines) is 2. The van der Waals surface area contributed by atoms with E-state index in [0.29, 0.717) is 65.2 Å². The zero-order valence-electron chi connectivity index (χ0n) is 52.4. The van der Waals surface area contributed by atoms with Crippen molar-refractivity contribution in [1.29, 1.82) is 0 Å². The van der Waals surface area contributed by atoms with Crippen LogP contribution in [0.5, 0.6) is 0 Å². The Kier molecular flexibility index (Phi) is 18.5. The molecular weight excluding hydrogens is 1110 g/mol. The average molecular weight is 1200 g/mol. The van der Waals surface area contributed by atoms with Gasteiger partial charge in [-0.2, -0.15) is 0 Å². The Morgan fingerprint density at radius 3 is 1.33 bits per heavy atom. The van der Waals surface area contributed by atoms with Crippen LogP contribution in [0.2, 0.25) is 0 Å². The van der Waals surface area contributed by atoms with Crippen LogP contribution in [0.3, 0.4) is 0 Å². The molecule has 0 radical (unpaired) electrons. The van der Waals surface area contributed by atoms with Crippen molar-refractivity contribution in [3.8, 4) is 0 Å². The van der Waals surface area contributed by atoms with E-state index in [-0.39, 0.29) is 51.4 Å². The molecule has 88 heavy (non-hydrogen) atoms. The lowest BCUT2D eigenvalue weighted by Crippen LogP contribution is -2.45. The van der Waals surface area contributed by atoms with Crippen molar-refractivity contribution in [3.63, 3.8) is 0 Å². The lowest BCUT2D eigenvalue weighted by Gasteiger charge is -2.35. The number of aromatic nitrogens is 6. The second kappa shape index (κ2) is 26.1. The zero-order chi connectivity index (χ0) is 62.9. The molecule has 22 heteroatoms. The molecular formula is C66H83N15O7. The maximum atomic E-state index is 12.6. The van der Waals surface area contributed by atoms with E-state index in [4.69, 9.17) is 4.74 Å². The summed E-state index contributed by atoms with van der Waals surface area (Å²) >= 11 is 0. The SMILES string of the molecule is C=c1nc2c(c(=O)[nH]1)=Nc1cc(C)c(C)cc1N2CCN1CCC(C(=O)OC(C)(C)C)CC1.C=c1nc2c(c(=O)[nH]1)=Nc1cc(C)c(C)cc1N2CCN1CCCCC1.C=c1nc2c(c(=O)[nH]1)=Nc1cc(C)c(C)cc1N2CCN[C@H]1CCC[C@H]1C(=O)O. The molecule has 0 bridgehead atoms. The highest BCUT2D eigenvalue weighted by molar-refractivity contribution is 5.79. The Morgan fingerprint density at radius 1 is 0.545 bits per heavy atom. The standard InChI is InChI=1S/C25H33N5O3.C21H25N5O3.C20H25N5O/c1-15-13-19-20(14-16(15)2)30(22-21(28-19)23(31)27-17(3)26-22)12-11-29-9-7-18(8-10-29)24(32)33-25(4,5)6;1-11-9-16-17(10-12(11)2)26(19-18(25-16)20(27)24-13(3)23-19)8-7-22-15-6-4-5-14(15)21(28)29;1-13-11-16-17(12-14(13)2)25(10-9-24-7-5-4-6-8-24)19-18(23-16)20(26)22-15(3)21-19/h13-14,18H,3,7-12H2,1-2,4-6H3,(H,27,31);9-10,14-15,22H,3-8H2,1-2H3,(H,24,27)(H,28,29);11-12H,3-10H2,1-2H3,(H,22,26)/t;14-,15+;/m.1./s1. The summed E-state index contributed by atoms with van der Waals surface area (Å²) in [5.41, 5.74) is 11.8. The molecule has 0 amide bonds. The van der Waals surface area contributed by atoms with Gasteiger partial charge in [0.1, 0.15) is 22.0 Å². The van der Waals surface area contributed by atoms with E-state index in [1.165, 1.54) is 30.4 Å². The molecule has 3 aromatic carbocycles. The first-order valence-electron chi connectivity index (χ1n) is 30.7. The molecule has 8 heterocycles. The molecule has 12 rings (SSSR count). The number of fused-ring (bicyclic) bond motifs is 6. The van der Waals surface area contributed by atoms with Gasteiger partial charge in [0.05, 0.1) is 46.0 Å². The number of piperidine rings is 2. The molecule has 5 N–H and O–H groups in total. The van der Waals surface area contributed by atoms with Crippen LogP contribution < -0.4 is 69.2 Å². The van der Waals surface area contributed by atoms with Crippen molar-refractivity contribution in [3.05, 3.63) is 133 Å². The molecule has 2 atom stereocenters. The number of aromatic amines is 3. The number of H-pyrrole nitrogens is 3. The van der Waals surface area contributed by atoms with Crippen LogP contribution in [0.1, 0.15) is 106 Å². The fourth-order valence-corrected chi connectivity index (χ4v) is 12.3. The number of esters is 1. The van der Waals surface area contributed by atoms with Crippen molar-refractivity contribution in [2.75, 3.05) is 80.1 Å². The van der Waals surface area contributed by atoms with E-state index in [0.717, 1.165) is 128 Å². The average Bonchev–Trinajstić information content (AvgIpc) is 0.988. The Morgan fingerprint density at radius 2 is 0.932 bits per heavy atom. The van der Waals surface area contributed by atoms with Crippen LogP contribution in [0, 0.1) is 53.4 Å². The molecule has 0 spiro atoms. The third-order valence-electron chi connectivity index (χ3n) is 17.5. The third-order valence-corrected chi connectivity index (χ3v) is 17.5. The summed E-state index contributed by atoms with van der Waals surface area (Å²) in [6, 6.07) is 12.3. The summed E-state index contributed by atoms with van der Waals surface area (Å²) in [4.78, 5) is 108.